The van der Waals surface area contributed by atoms with Gasteiger partial charge in [-0.25, -0.2) is 0 Å². The molecule has 126 valence electrons. The standard InChI is InChI=1S/C14H17Cl2N3O4/c15-13(16)14(21)18-7-5-17(6-8-18)9-12(20)10-1-3-11(4-2-10)19(22)23/h1-4,12-13,20H,5-9H2. The molecule has 1 saturated heterocycles. The molecule has 0 bridgehead atoms. The van der Waals surface area contributed by atoms with Crippen LogP contribution in [0, 0.1) is 10.1 Å². The van der Waals surface area contributed by atoms with E-state index in [9.17, 15) is 20.0 Å². The lowest BCUT2D eigenvalue weighted by Crippen LogP contribution is -2.50. The van der Waals surface area contributed by atoms with Crippen molar-refractivity contribution in [3.8, 4) is 0 Å². The van der Waals surface area contributed by atoms with Crippen molar-refractivity contribution < 1.29 is 14.8 Å². The molecule has 0 spiro atoms. The Balaban J connectivity index is 1.86. The predicted octanol–water partition coefficient (Wildman–Crippen LogP) is 1.58. The number of halogens is 2. The van der Waals surface area contributed by atoms with E-state index in [-0.39, 0.29) is 11.6 Å². The van der Waals surface area contributed by atoms with Crippen molar-refractivity contribution in [3.63, 3.8) is 0 Å². The fraction of sp³-hybridized carbons (Fsp3) is 0.500. The topological polar surface area (TPSA) is 86.9 Å². The Morgan fingerprint density at radius 1 is 1.22 bits per heavy atom. The van der Waals surface area contributed by atoms with Crippen molar-refractivity contribution in [1.82, 2.24) is 9.80 Å². The number of carbonyl (C=O) groups excluding carboxylic acids is 1. The number of carbonyl (C=O) groups is 1. The van der Waals surface area contributed by atoms with Gasteiger partial charge in [-0.05, 0) is 17.7 Å². The van der Waals surface area contributed by atoms with Gasteiger partial charge in [0.2, 0.25) is 0 Å². The van der Waals surface area contributed by atoms with Gasteiger partial charge in [0.15, 0.2) is 4.84 Å². The lowest BCUT2D eigenvalue weighted by atomic mass is 10.1. The SMILES string of the molecule is O=C(C(Cl)Cl)N1CCN(CC(O)c2ccc([N+](=O)[O-])cc2)CC1. The fourth-order valence-corrected chi connectivity index (χ4v) is 2.73. The number of nitro benzene ring substituents is 1. The summed E-state index contributed by atoms with van der Waals surface area (Å²) in [6, 6.07) is 5.84. The van der Waals surface area contributed by atoms with Crippen LogP contribution in [0.3, 0.4) is 0 Å². The summed E-state index contributed by atoms with van der Waals surface area (Å²) >= 11 is 11.1. The molecule has 1 aliphatic heterocycles. The maximum atomic E-state index is 11.7. The number of alkyl halides is 2. The number of rotatable bonds is 5. The highest BCUT2D eigenvalue weighted by Gasteiger charge is 2.26. The van der Waals surface area contributed by atoms with Crippen LogP contribution in [0.25, 0.3) is 0 Å². The van der Waals surface area contributed by atoms with Crippen LogP contribution in [0.4, 0.5) is 5.69 Å². The average molecular weight is 362 g/mol. The van der Waals surface area contributed by atoms with Gasteiger partial charge < -0.3 is 10.0 Å². The molecule has 7 nitrogen and oxygen atoms in total. The summed E-state index contributed by atoms with van der Waals surface area (Å²) in [4.78, 5) is 24.4. The maximum Gasteiger partial charge on any atom is 0.269 e. The first-order valence-corrected chi connectivity index (χ1v) is 7.97. The van der Waals surface area contributed by atoms with Crippen molar-refractivity contribution in [2.75, 3.05) is 32.7 Å². The van der Waals surface area contributed by atoms with Crippen LogP contribution in [-0.2, 0) is 4.79 Å². The molecule has 0 aliphatic carbocycles. The monoisotopic (exact) mass is 361 g/mol. The van der Waals surface area contributed by atoms with Gasteiger partial charge in [-0.1, -0.05) is 23.2 Å². The van der Waals surface area contributed by atoms with Crippen molar-refractivity contribution in [3.05, 3.63) is 39.9 Å². The second-order valence-corrected chi connectivity index (χ2v) is 6.39. The zero-order chi connectivity index (χ0) is 17.0. The number of nitro groups is 1. The Morgan fingerprint density at radius 3 is 2.26 bits per heavy atom. The molecule has 0 aromatic heterocycles. The highest BCUT2D eigenvalue weighted by Crippen LogP contribution is 2.19. The van der Waals surface area contributed by atoms with Crippen LogP contribution < -0.4 is 0 Å². The summed E-state index contributed by atoms with van der Waals surface area (Å²) in [6.45, 7) is 2.61. The summed E-state index contributed by atoms with van der Waals surface area (Å²) < 4.78 is 0. The van der Waals surface area contributed by atoms with E-state index in [1.54, 1.807) is 17.0 Å². The van der Waals surface area contributed by atoms with E-state index in [1.165, 1.54) is 12.1 Å². The molecule has 1 atom stereocenters. The number of piperazine rings is 1. The fourth-order valence-electron chi connectivity index (χ4n) is 2.46. The highest BCUT2D eigenvalue weighted by molar-refractivity contribution is 6.53. The summed E-state index contributed by atoms with van der Waals surface area (Å²) in [5.74, 6) is -0.302. The minimum atomic E-state index is -1.05. The molecule has 0 radical (unpaired) electrons. The van der Waals surface area contributed by atoms with E-state index < -0.39 is 15.9 Å². The summed E-state index contributed by atoms with van der Waals surface area (Å²) in [5.41, 5.74) is 0.612. The first-order chi connectivity index (χ1) is 10.9. The largest absolute Gasteiger partial charge is 0.387 e. The van der Waals surface area contributed by atoms with Gasteiger partial charge in [0.1, 0.15) is 0 Å². The van der Waals surface area contributed by atoms with Crippen LogP contribution in [0.1, 0.15) is 11.7 Å². The Labute approximate surface area is 143 Å². The lowest BCUT2D eigenvalue weighted by Gasteiger charge is -2.35. The van der Waals surface area contributed by atoms with E-state index in [2.05, 4.69) is 0 Å². The van der Waals surface area contributed by atoms with Crippen LogP contribution in [0.5, 0.6) is 0 Å². The molecule has 1 aromatic carbocycles. The number of aliphatic hydroxyl groups excluding tert-OH is 1. The number of non-ortho nitro benzene ring substituents is 1. The van der Waals surface area contributed by atoms with E-state index >= 15 is 0 Å². The third-order valence-corrected chi connectivity index (χ3v) is 4.16. The number of β-amino-alcohol motifs (C(OH)–C–C–N with tert-alkyl or cyclic N) is 1. The molecule has 0 saturated carbocycles. The van der Waals surface area contributed by atoms with Gasteiger partial charge in [0.25, 0.3) is 11.6 Å². The second kappa shape index (κ2) is 7.92. The van der Waals surface area contributed by atoms with Gasteiger partial charge in [0.05, 0.1) is 11.0 Å². The molecule has 1 amide bonds. The van der Waals surface area contributed by atoms with Crippen molar-refractivity contribution >= 4 is 34.8 Å². The normalized spacial score (nSPS) is 17.3. The van der Waals surface area contributed by atoms with E-state index in [1.807, 2.05) is 4.90 Å². The zero-order valence-corrected chi connectivity index (χ0v) is 13.8. The minimum absolute atomic E-state index is 0.00946. The predicted molar refractivity (Wildman–Crippen MR) is 86.6 cm³/mol. The van der Waals surface area contributed by atoms with E-state index in [0.29, 0.717) is 38.3 Å². The summed E-state index contributed by atoms with van der Waals surface area (Å²) in [5, 5.41) is 20.8. The molecule has 1 unspecified atom stereocenters. The molecular weight excluding hydrogens is 345 g/mol. The van der Waals surface area contributed by atoms with E-state index in [0.717, 1.165) is 0 Å². The molecule has 2 rings (SSSR count). The van der Waals surface area contributed by atoms with Gasteiger partial charge in [0, 0.05) is 44.9 Å². The van der Waals surface area contributed by atoms with Crippen LogP contribution >= 0.6 is 23.2 Å². The van der Waals surface area contributed by atoms with Gasteiger partial charge >= 0.3 is 0 Å². The maximum absolute atomic E-state index is 11.7. The van der Waals surface area contributed by atoms with Crippen molar-refractivity contribution in [2.45, 2.75) is 10.9 Å². The third-order valence-electron chi connectivity index (χ3n) is 3.79. The molecule has 9 heteroatoms. The number of hydrogen-bond acceptors (Lipinski definition) is 5. The van der Waals surface area contributed by atoms with Crippen LogP contribution in [0.2, 0.25) is 0 Å². The lowest BCUT2D eigenvalue weighted by molar-refractivity contribution is -0.384. The molecule has 1 aromatic rings. The van der Waals surface area contributed by atoms with Crippen LogP contribution in [0.15, 0.2) is 24.3 Å². The second-order valence-electron chi connectivity index (χ2n) is 5.29. The van der Waals surface area contributed by atoms with Crippen molar-refractivity contribution in [2.24, 2.45) is 0 Å². The van der Waals surface area contributed by atoms with Gasteiger partial charge in [-0.15, -0.1) is 0 Å². The van der Waals surface area contributed by atoms with Gasteiger partial charge in [-0.2, -0.15) is 0 Å². The molecule has 1 aliphatic rings. The minimum Gasteiger partial charge on any atom is -0.387 e. The van der Waals surface area contributed by atoms with E-state index in [4.69, 9.17) is 23.2 Å². The van der Waals surface area contributed by atoms with Crippen molar-refractivity contribution in [1.29, 1.82) is 0 Å². The number of hydrogen-bond donors (Lipinski definition) is 1. The average Bonchev–Trinajstić information content (AvgIpc) is 2.54. The first-order valence-electron chi connectivity index (χ1n) is 7.10. The Morgan fingerprint density at radius 2 is 1.78 bits per heavy atom. The van der Waals surface area contributed by atoms with Gasteiger partial charge in [-0.3, -0.25) is 19.8 Å². The third kappa shape index (κ3) is 4.78. The molecular formula is C14H17Cl2N3O4. The summed E-state index contributed by atoms with van der Waals surface area (Å²) in [7, 11) is 0. The Bertz CT molecular complexity index is 560. The summed E-state index contributed by atoms with van der Waals surface area (Å²) in [6.07, 6.45) is -0.744. The number of nitrogens with zero attached hydrogens (tertiary/aromatic N) is 3. The number of aliphatic hydroxyl groups is 1. The quantitative estimate of drug-likeness (QED) is 0.488. The number of benzene rings is 1. The van der Waals surface area contributed by atoms with Crippen LogP contribution in [-0.4, -0.2) is 63.3 Å². The smallest absolute Gasteiger partial charge is 0.269 e. The Kier molecular flexibility index (Phi) is 6.17. The molecule has 23 heavy (non-hydrogen) atoms. The molecule has 1 heterocycles. The molecule has 1 fully saturated rings. The molecule has 1 N–H and O–H groups in total. The highest BCUT2D eigenvalue weighted by atomic mass is 35.5. The zero-order valence-electron chi connectivity index (χ0n) is 12.3. The number of amides is 1. The Hall–Kier alpha value is -1.41. The first kappa shape index (κ1) is 17.9.